The summed E-state index contributed by atoms with van der Waals surface area (Å²) in [7, 11) is 0. The van der Waals surface area contributed by atoms with E-state index in [0.29, 0.717) is 12.4 Å². The fraction of sp³-hybridized carbons (Fsp3) is 0.812. The topological polar surface area (TPSA) is 35.5 Å². The molecule has 112 valence electrons. The zero-order valence-corrected chi connectivity index (χ0v) is 12.7. The fourth-order valence-electron chi connectivity index (χ4n) is 1.85. The molecule has 0 spiro atoms. The number of unbranched alkanes of at least 4 members (excludes halogenated alkanes) is 7. The third-order valence-corrected chi connectivity index (χ3v) is 2.97. The summed E-state index contributed by atoms with van der Waals surface area (Å²) in [5, 5.41) is 0. The Hall–Kier alpha value is -0.830. The van der Waals surface area contributed by atoms with Gasteiger partial charge in [0, 0.05) is 0 Å². The summed E-state index contributed by atoms with van der Waals surface area (Å²) in [6, 6.07) is 0. The lowest BCUT2D eigenvalue weighted by Crippen LogP contribution is -2.02. The summed E-state index contributed by atoms with van der Waals surface area (Å²) in [4.78, 5) is 10.6. The summed E-state index contributed by atoms with van der Waals surface area (Å²) < 4.78 is 10.5. The Kier molecular flexibility index (Phi) is 14.6. The molecule has 0 heterocycles. The van der Waals surface area contributed by atoms with Crippen molar-refractivity contribution in [3.63, 3.8) is 0 Å². The van der Waals surface area contributed by atoms with E-state index in [2.05, 4.69) is 6.92 Å². The first-order valence-electron chi connectivity index (χ1n) is 7.71. The normalized spacial score (nSPS) is 11.6. The molecule has 0 rings (SSSR count). The van der Waals surface area contributed by atoms with E-state index >= 15 is 0 Å². The molecule has 0 aliphatic heterocycles. The highest BCUT2D eigenvalue weighted by molar-refractivity contribution is 5.69. The van der Waals surface area contributed by atoms with E-state index in [-0.39, 0.29) is 6.79 Å². The molecule has 0 amide bonds. The molecule has 0 aromatic heterocycles. The third kappa shape index (κ3) is 13.4. The van der Waals surface area contributed by atoms with Crippen molar-refractivity contribution >= 4 is 6.29 Å². The molecule has 0 aliphatic carbocycles. The molecule has 0 saturated carbocycles. The highest BCUT2D eigenvalue weighted by Gasteiger charge is 1.95. The SMILES string of the molecule is CC/C=C(\C=O)OCOCCCCCCCCCC. The van der Waals surface area contributed by atoms with E-state index < -0.39 is 0 Å². The van der Waals surface area contributed by atoms with Crippen LogP contribution in [0.15, 0.2) is 11.8 Å². The van der Waals surface area contributed by atoms with Crippen molar-refractivity contribution in [1.82, 2.24) is 0 Å². The van der Waals surface area contributed by atoms with Crippen LogP contribution < -0.4 is 0 Å². The fourth-order valence-corrected chi connectivity index (χ4v) is 1.85. The Bertz CT molecular complexity index is 224. The van der Waals surface area contributed by atoms with Crippen LogP contribution in [0.3, 0.4) is 0 Å². The van der Waals surface area contributed by atoms with E-state index in [1.807, 2.05) is 6.92 Å². The Morgan fingerprint density at radius 3 is 2.16 bits per heavy atom. The second-order valence-electron chi connectivity index (χ2n) is 4.78. The number of hydrogen-bond donors (Lipinski definition) is 0. The summed E-state index contributed by atoms with van der Waals surface area (Å²) >= 11 is 0. The predicted molar refractivity (Wildman–Crippen MR) is 79.0 cm³/mol. The number of ether oxygens (including phenoxy) is 2. The molecule has 3 heteroatoms. The van der Waals surface area contributed by atoms with Gasteiger partial charge in [-0.2, -0.15) is 0 Å². The van der Waals surface area contributed by atoms with Crippen molar-refractivity contribution in [3.8, 4) is 0 Å². The Labute approximate surface area is 118 Å². The van der Waals surface area contributed by atoms with Gasteiger partial charge in [-0.1, -0.05) is 58.8 Å². The second-order valence-corrected chi connectivity index (χ2v) is 4.78. The number of rotatable bonds is 14. The average Bonchev–Trinajstić information content (AvgIpc) is 2.43. The van der Waals surface area contributed by atoms with Crippen molar-refractivity contribution in [1.29, 1.82) is 0 Å². The van der Waals surface area contributed by atoms with Gasteiger partial charge < -0.3 is 9.47 Å². The number of allylic oxidation sites excluding steroid dienone is 2. The molecule has 0 atom stereocenters. The van der Waals surface area contributed by atoms with Gasteiger partial charge in [0.05, 0.1) is 6.61 Å². The van der Waals surface area contributed by atoms with E-state index in [1.165, 1.54) is 44.9 Å². The lowest BCUT2D eigenvalue weighted by Gasteiger charge is -2.06. The summed E-state index contributed by atoms with van der Waals surface area (Å²) in [6.45, 7) is 5.10. The number of aldehydes is 1. The molecule has 3 nitrogen and oxygen atoms in total. The van der Waals surface area contributed by atoms with Crippen LogP contribution in [-0.4, -0.2) is 19.7 Å². The molecule has 0 fully saturated rings. The van der Waals surface area contributed by atoms with Gasteiger partial charge >= 0.3 is 0 Å². The standard InChI is InChI=1S/C16H30O3/c1-3-5-6-7-8-9-10-11-13-18-15-19-16(14-17)12-4-2/h12,14H,3-11,13,15H2,1-2H3/b16-12+. The Morgan fingerprint density at radius 1 is 0.947 bits per heavy atom. The van der Waals surface area contributed by atoms with Crippen LogP contribution in [0.2, 0.25) is 0 Å². The van der Waals surface area contributed by atoms with Gasteiger partial charge in [-0.3, -0.25) is 4.79 Å². The first-order valence-corrected chi connectivity index (χ1v) is 7.71. The minimum absolute atomic E-state index is 0.182. The average molecular weight is 270 g/mol. The number of hydrogen-bond acceptors (Lipinski definition) is 3. The van der Waals surface area contributed by atoms with Crippen LogP contribution in [0.25, 0.3) is 0 Å². The van der Waals surface area contributed by atoms with Crippen LogP contribution in [0.4, 0.5) is 0 Å². The van der Waals surface area contributed by atoms with Crippen molar-refractivity contribution < 1.29 is 14.3 Å². The van der Waals surface area contributed by atoms with Crippen molar-refractivity contribution in [2.45, 2.75) is 71.6 Å². The molecule has 0 aromatic rings. The zero-order chi connectivity index (χ0) is 14.2. The van der Waals surface area contributed by atoms with Gasteiger partial charge in [0.15, 0.2) is 18.8 Å². The molecular formula is C16H30O3. The van der Waals surface area contributed by atoms with E-state index in [4.69, 9.17) is 9.47 Å². The van der Waals surface area contributed by atoms with Gasteiger partial charge in [-0.25, -0.2) is 0 Å². The molecule has 0 aliphatic rings. The van der Waals surface area contributed by atoms with E-state index in [0.717, 1.165) is 19.1 Å². The lowest BCUT2D eigenvalue weighted by atomic mass is 10.1. The van der Waals surface area contributed by atoms with Gasteiger partial charge in [0.25, 0.3) is 0 Å². The number of carbonyl (C=O) groups is 1. The summed E-state index contributed by atoms with van der Waals surface area (Å²) in [5.74, 6) is 0.374. The zero-order valence-electron chi connectivity index (χ0n) is 12.7. The maximum Gasteiger partial charge on any atom is 0.189 e. The van der Waals surface area contributed by atoms with Gasteiger partial charge in [0.1, 0.15) is 0 Å². The highest BCUT2D eigenvalue weighted by Crippen LogP contribution is 2.08. The molecule has 0 aromatic carbocycles. The molecule has 0 saturated heterocycles. The van der Waals surface area contributed by atoms with Gasteiger partial charge in [0.2, 0.25) is 0 Å². The van der Waals surface area contributed by atoms with Crippen molar-refractivity contribution in [2.24, 2.45) is 0 Å². The largest absolute Gasteiger partial charge is 0.464 e. The Morgan fingerprint density at radius 2 is 1.58 bits per heavy atom. The molecule has 0 radical (unpaired) electrons. The van der Waals surface area contributed by atoms with Crippen molar-refractivity contribution in [3.05, 3.63) is 11.8 Å². The Balaban J connectivity index is 3.18. The molecule has 19 heavy (non-hydrogen) atoms. The van der Waals surface area contributed by atoms with Crippen molar-refractivity contribution in [2.75, 3.05) is 13.4 Å². The smallest absolute Gasteiger partial charge is 0.189 e. The van der Waals surface area contributed by atoms with Crippen LogP contribution in [0.1, 0.15) is 71.6 Å². The maximum atomic E-state index is 10.6. The number of carbonyl (C=O) groups excluding carboxylic acids is 1. The predicted octanol–water partition coefficient (Wildman–Crippen LogP) is 4.61. The minimum atomic E-state index is 0.182. The van der Waals surface area contributed by atoms with Gasteiger partial charge in [-0.15, -0.1) is 0 Å². The van der Waals surface area contributed by atoms with Crippen LogP contribution >= 0.6 is 0 Å². The first kappa shape index (κ1) is 18.2. The summed E-state index contributed by atoms with van der Waals surface area (Å²) in [6.07, 6.45) is 13.6. The van der Waals surface area contributed by atoms with Crippen LogP contribution in [0, 0.1) is 0 Å². The quantitative estimate of drug-likeness (QED) is 0.152. The van der Waals surface area contributed by atoms with Crippen LogP contribution in [0.5, 0.6) is 0 Å². The molecular weight excluding hydrogens is 240 g/mol. The molecule has 0 bridgehead atoms. The minimum Gasteiger partial charge on any atom is -0.464 e. The summed E-state index contributed by atoms with van der Waals surface area (Å²) in [5.41, 5.74) is 0. The highest BCUT2D eigenvalue weighted by atomic mass is 16.7. The molecule has 0 N–H and O–H groups in total. The van der Waals surface area contributed by atoms with Crippen LogP contribution in [-0.2, 0) is 14.3 Å². The van der Waals surface area contributed by atoms with Gasteiger partial charge in [-0.05, 0) is 18.9 Å². The monoisotopic (exact) mass is 270 g/mol. The maximum absolute atomic E-state index is 10.6. The second kappa shape index (κ2) is 15.2. The third-order valence-electron chi connectivity index (χ3n) is 2.97. The van der Waals surface area contributed by atoms with E-state index in [9.17, 15) is 4.79 Å². The molecule has 0 unspecified atom stereocenters. The van der Waals surface area contributed by atoms with E-state index in [1.54, 1.807) is 6.08 Å². The lowest BCUT2D eigenvalue weighted by molar-refractivity contribution is -0.111. The first-order chi connectivity index (χ1) is 9.35.